The summed E-state index contributed by atoms with van der Waals surface area (Å²) in [6, 6.07) is 15.5. The fraction of sp³-hybridized carbons (Fsp3) is 0.143. The van der Waals surface area contributed by atoms with E-state index in [9.17, 15) is 4.79 Å². The molecule has 1 aromatic heterocycles. The van der Waals surface area contributed by atoms with Gasteiger partial charge in [0.2, 0.25) is 5.91 Å². The molecule has 2 aromatic carbocycles. The summed E-state index contributed by atoms with van der Waals surface area (Å²) < 4.78 is 10.8. The van der Waals surface area contributed by atoms with Gasteiger partial charge in [-0.25, -0.2) is 4.98 Å². The number of thiazole rings is 1. The fourth-order valence-electron chi connectivity index (χ4n) is 2.45. The van der Waals surface area contributed by atoms with Crippen molar-refractivity contribution in [1.82, 2.24) is 4.98 Å². The zero-order chi connectivity index (χ0) is 19.1. The SMILES string of the molecule is CCOc1ccc(/C=C/C(=O)Nc2ncc(-c3ccccc3)s2)cc1OC. The Hall–Kier alpha value is -3.12. The number of hydrogen-bond acceptors (Lipinski definition) is 5. The highest BCUT2D eigenvalue weighted by atomic mass is 32.1. The maximum atomic E-state index is 12.2. The summed E-state index contributed by atoms with van der Waals surface area (Å²) in [7, 11) is 1.59. The smallest absolute Gasteiger partial charge is 0.250 e. The van der Waals surface area contributed by atoms with Gasteiger partial charge in [0.15, 0.2) is 16.6 Å². The van der Waals surface area contributed by atoms with Crippen LogP contribution in [-0.4, -0.2) is 24.6 Å². The van der Waals surface area contributed by atoms with Crippen LogP contribution in [0.4, 0.5) is 5.13 Å². The van der Waals surface area contributed by atoms with Gasteiger partial charge in [-0.15, -0.1) is 0 Å². The van der Waals surface area contributed by atoms with Crippen molar-refractivity contribution in [3.63, 3.8) is 0 Å². The van der Waals surface area contributed by atoms with Crippen molar-refractivity contribution in [2.24, 2.45) is 0 Å². The number of aromatic nitrogens is 1. The molecule has 0 fully saturated rings. The molecule has 1 amide bonds. The van der Waals surface area contributed by atoms with Gasteiger partial charge in [0.05, 0.1) is 18.6 Å². The number of ether oxygens (including phenoxy) is 2. The number of nitrogens with zero attached hydrogens (tertiary/aromatic N) is 1. The van der Waals surface area contributed by atoms with Crippen LogP contribution in [0.15, 0.2) is 60.8 Å². The van der Waals surface area contributed by atoms with Crippen LogP contribution in [0.5, 0.6) is 11.5 Å². The Morgan fingerprint density at radius 1 is 1.19 bits per heavy atom. The van der Waals surface area contributed by atoms with Crippen LogP contribution < -0.4 is 14.8 Å². The van der Waals surface area contributed by atoms with Gasteiger partial charge in [0, 0.05) is 12.3 Å². The summed E-state index contributed by atoms with van der Waals surface area (Å²) in [6.45, 7) is 2.48. The molecule has 0 radical (unpaired) electrons. The van der Waals surface area contributed by atoms with Gasteiger partial charge in [-0.3, -0.25) is 10.1 Å². The molecule has 0 unspecified atom stereocenters. The molecule has 1 heterocycles. The second-order valence-electron chi connectivity index (χ2n) is 5.56. The molecule has 0 aliphatic carbocycles. The van der Waals surface area contributed by atoms with E-state index in [1.165, 1.54) is 17.4 Å². The molecule has 138 valence electrons. The number of benzene rings is 2. The van der Waals surface area contributed by atoms with Gasteiger partial charge in [0.1, 0.15) is 0 Å². The van der Waals surface area contributed by atoms with E-state index < -0.39 is 0 Å². The first kappa shape index (κ1) is 18.7. The van der Waals surface area contributed by atoms with E-state index in [1.54, 1.807) is 19.4 Å². The number of carbonyl (C=O) groups is 1. The monoisotopic (exact) mass is 380 g/mol. The van der Waals surface area contributed by atoms with Crippen LogP contribution in [-0.2, 0) is 4.79 Å². The molecule has 5 nitrogen and oxygen atoms in total. The van der Waals surface area contributed by atoms with Crippen molar-refractivity contribution >= 4 is 28.5 Å². The number of hydrogen-bond donors (Lipinski definition) is 1. The lowest BCUT2D eigenvalue weighted by atomic mass is 10.2. The highest BCUT2D eigenvalue weighted by Crippen LogP contribution is 2.29. The summed E-state index contributed by atoms with van der Waals surface area (Å²) in [5, 5.41) is 3.35. The van der Waals surface area contributed by atoms with Crippen LogP contribution >= 0.6 is 11.3 Å². The topological polar surface area (TPSA) is 60.5 Å². The Labute approximate surface area is 162 Å². The molecule has 0 aliphatic heterocycles. The van der Waals surface area contributed by atoms with Crippen LogP contribution in [0, 0.1) is 0 Å². The standard InChI is InChI=1S/C21H20N2O3S/c1-3-26-17-11-9-15(13-18(17)25-2)10-12-20(24)23-21-22-14-19(27-21)16-7-5-4-6-8-16/h4-14H,3H2,1-2H3,(H,22,23,24)/b12-10+. The van der Waals surface area contributed by atoms with Crippen LogP contribution in [0.1, 0.15) is 12.5 Å². The van der Waals surface area contributed by atoms with E-state index in [4.69, 9.17) is 9.47 Å². The minimum atomic E-state index is -0.239. The zero-order valence-electron chi connectivity index (χ0n) is 15.1. The third-order valence-electron chi connectivity index (χ3n) is 3.71. The molecule has 27 heavy (non-hydrogen) atoms. The van der Waals surface area contributed by atoms with E-state index >= 15 is 0 Å². The Morgan fingerprint density at radius 2 is 2.00 bits per heavy atom. The molecule has 0 bridgehead atoms. The Bertz CT molecular complexity index is 936. The van der Waals surface area contributed by atoms with E-state index in [2.05, 4.69) is 10.3 Å². The molecule has 6 heteroatoms. The first-order valence-corrected chi connectivity index (χ1v) is 9.32. The minimum Gasteiger partial charge on any atom is -0.493 e. The molecule has 0 saturated heterocycles. The van der Waals surface area contributed by atoms with Crippen molar-refractivity contribution < 1.29 is 14.3 Å². The van der Waals surface area contributed by atoms with Crippen molar-refractivity contribution in [1.29, 1.82) is 0 Å². The minimum absolute atomic E-state index is 0.239. The van der Waals surface area contributed by atoms with Gasteiger partial charge >= 0.3 is 0 Å². The van der Waals surface area contributed by atoms with Crippen LogP contribution in [0.25, 0.3) is 16.5 Å². The van der Waals surface area contributed by atoms with E-state index in [0.29, 0.717) is 23.2 Å². The predicted molar refractivity (Wildman–Crippen MR) is 109 cm³/mol. The van der Waals surface area contributed by atoms with Gasteiger partial charge in [0.25, 0.3) is 0 Å². The lowest BCUT2D eigenvalue weighted by molar-refractivity contribution is -0.111. The second-order valence-corrected chi connectivity index (χ2v) is 6.59. The lowest BCUT2D eigenvalue weighted by Gasteiger charge is -2.09. The maximum absolute atomic E-state index is 12.2. The molecule has 0 aliphatic rings. The third-order valence-corrected chi connectivity index (χ3v) is 4.67. The summed E-state index contributed by atoms with van der Waals surface area (Å²) >= 11 is 1.44. The number of anilines is 1. The molecular weight excluding hydrogens is 360 g/mol. The van der Waals surface area contributed by atoms with Crippen LogP contribution in [0.3, 0.4) is 0 Å². The van der Waals surface area contributed by atoms with Crippen molar-refractivity contribution in [2.45, 2.75) is 6.92 Å². The number of carbonyl (C=O) groups excluding carboxylic acids is 1. The molecule has 0 saturated carbocycles. The lowest BCUT2D eigenvalue weighted by Crippen LogP contribution is -2.07. The molecule has 3 aromatic rings. The maximum Gasteiger partial charge on any atom is 0.250 e. The van der Waals surface area contributed by atoms with Crippen molar-refractivity contribution in [3.8, 4) is 21.9 Å². The Morgan fingerprint density at radius 3 is 2.74 bits per heavy atom. The van der Waals surface area contributed by atoms with Crippen LogP contribution in [0.2, 0.25) is 0 Å². The first-order valence-electron chi connectivity index (χ1n) is 8.50. The van der Waals surface area contributed by atoms with Gasteiger partial charge in [-0.2, -0.15) is 0 Å². The average Bonchev–Trinajstić information content (AvgIpc) is 3.16. The normalized spacial score (nSPS) is 10.7. The highest BCUT2D eigenvalue weighted by molar-refractivity contribution is 7.19. The molecule has 0 spiro atoms. The number of amides is 1. The van der Waals surface area contributed by atoms with E-state index in [0.717, 1.165) is 16.0 Å². The van der Waals surface area contributed by atoms with Gasteiger partial charge in [-0.1, -0.05) is 47.7 Å². The fourth-order valence-corrected chi connectivity index (χ4v) is 3.27. The summed E-state index contributed by atoms with van der Waals surface area (Å²) in [6.07, 6.45) is 4.95. The third kappa shape index (κ3) is 4.95. The van der Waals surface area contributed by atoms with E-state index in [1.807, 2.05) is 55.5 Å². The highest BCUT2D eigenvalue weighted by Gasteiger charge is 2.07. The number of nitrogens with one attached hydrogen (secondary N) is 1. The molecule has 0 atom stereocenters. The largest absolute Gasteiger partial charge is 0.493 e. The van der Waals surface area contributed by atoms with Crippen molar-refractivity contribution in [2.75, 3.05) is 19.0 Å². The summed E-state index contributed by atoms with van der Waals surface area (Å²) in [4.78, 5) is 17.4. The summed E-state index contributed by atoms with van der Waals surface area (Å²) in [5.74, 6) is 1.07. The van der Waals surface area contributed by atoms with E-state index in [-0.39, 0.29) is 5.91 Å². The Kier molecular flexibility index (Phi) is 6.22. The second kappa shape index (κ2) is 9.00. The quantitative estimate of drug-likeness (QED) is 0.594. The molecule has 1 N–H and O–H groups in total. The zero-order valence-corrected chi connectivity index (χ0v) is 16.0. The van der Waals surface area contributed by atoms with Gasteiger partial charge < -0.3 is 9.47 Å². The number of rotatable bonds is 7. The first-order chi connectivity index (χ1) is 13.2. The molecule has 3 rings (SSSR count). The van der Waals surface area contributed by atoms with Crippen molar-refractivity contribution in [3.05, 3.63) is 66.4 Å². The summed E-state index contributed by atoms with van der Waals surface area (Å²) in [5.41, 5.74) is 1.92. The Balaban J connectivity index is 1.65. The predicted octanol–water partition coefficient (Wildman–Crippen LogP) is 4.87. The average molecular weight is 380 g/mol. The molecular formula is C21H20N2O3S. The number of methoxy groups -OCH3 is 1. The van der Waals surface area contributed by atoms with Gasteiger partial charge in [-0.05, 0) is 36.3 Å².